The second-order valence-electron chi connectivity index (χ2n) is 8.41. The second kappa shape index (κ2) is 18.0. The predicted octanol–water partition coefficient (Wildman–Crippen LogP) is 8.91. The van der Waals surface area contributed by atoms with E-state index in [1.54, 1.807) is 12.1 Å². The molecule has 0 amide bonds. The van der Waals surface area contributed by atoms with Gasteiger partial charge in [0.05, 0.1) is 0 Å². The van der Waals surface area contributed by atoms with Crippen LogP contribution in [0.5, 0.6) is 0 Å². The maximum absolute atomic E-state index is 13.3. The first kappa shape index (κ1) is 25.0. The Bertz CT molecular complexity index is 422. The third-order valence-electron chi connectivity index (χ3n) is 5.75. The molecule has 1 aromatic carbocycles. The van der Waals surface area contributed by atoms with Crippen LogP contribution in [0.2, 0.25) is 0 Å². The van der Waals surface area contributed by atoms with Crippen molar-refractivity contribution in [1.82, 2.24) is 0 Å². The van der Waals surface area contributed by atoms with E-state index in [2.05, 4.69) is 18.7 Å². The van der Waals surface area contributed by atoms with Crippen LogP contribution in [0.15, 0.2) is 24.3 Å². The highest BCUT2D eigenvalue weighted by atomic mass is 19.1. The number of rotatable bonds is 19. The van der Waals surface area contributed by atoms with E-state index in [-0.39, 0.29) is 5.82 Å². The van der Waals surface area contributed by atoms with Gasteiger partial charge in [0.2, 0.25) is 0 Å². The number of hydrogen-bond donors (Lipinski definition) is 0. The van der Waals surface area contributed by atoms with Crippen molar-refractivity contribution >= 4 is 5.69 Å². The van der Waals surface area contributed by atoms with Gasteiger partial charge in [0, 0.05) is 18.8 Å². The molecule has 0 heterocycles. The molecule has 0 unspecified atom stereocenters. The van der Waals surface area contributed by atoms with E-state index in [0.29, 0.717) is 0 Å². The topological polar surface area (TPSA) is 3.24 Å². The Morgan fingerprint density at radius 2 is 0.893 bits per heavy atom. The molecule has 0 fully saturated rings. The first-order valence-corrected chi connectivity index (χ1v) is 12.3. The maximum atomic E-state index is 13.3. The van der Waals surface area contributed by atoms with E-state index in [9.17, 15) is 4.39 Å². The summed E-state index contributed by atoms with van der Waals surface area (Å²) in [5, 5.41) is 0. The van der Waals surface area contributed by atoms with Gasteiger partial charge in [-0.3, -0.25) is 0 Å². The zero-order valence-electron chi connectivity index (χ0n) is 18.9. The highest BCUT2D eigenvalue weighted by molar-refractivity contribution is 5.46. The molecule has 0 aliphatic carbocycles. The minimum atomic E-state index is -0.136. The first-order valence-electron chi connectivity index (χ1n) is 12.3. The molecule has 28 heavy (non-hydrogen) atoms. The average molecular weight is 392 g/mol. The minimum Gasteiger partial charge on any atom is -0.372 e. The summed E-state index contributed by atoms with van der Waals surface area (Å²) in [4.78, 5) is 2.48. The molecule has 0 aliphatic heterocycles. The van der Waals surface area contributed by atoms with Crippen LogP contribution in [-0.4, -0.2) is 13.1 Å². The lowest BCUT2D eigenvalue weighted by Gasteiger charge is -2.25. The fourth-order valence-electron chi connectivity index (χ4n) is 3.90. The van der Waals surface area contributed by atoms with E-state index in [1.807, 2.05) is 12.1 Å². The summed E-state index contributed by atoms with van der Waals surface area (Å²) in [5.41, 5.74) is 1.19. The largest absolute Gasteiger partial charge is 0.372 e. The summed E-state index contributed by atoms with van der Waals surface area (Å²) in [6, 6.07) is 7.10. The van der Waals surface area contributed by atoms with Crippen LogP contribution in [-0.2, 0) is 0 Å². The van der Waals surface area contributed by atoms with Gasteiger partial charge in [-0.15, -0.1) is 0 Å². The molecule has 0 spiro atoms. The molecule has 0 saturated heterocycles. The van der Waals surface area contributed by atoms with Crippen molar-refractivity contribution in [3.8, 4) is 0 Å². The van der Waals surface area contributed by atoms with Crippen molar-refractivity contribution in [2.24, 2.45) is 0 Å². The molecule has 0 saturated carbocycles. The highest BCUT2D eigenvalue weighted by Gasteiger charge is 2.06. The van der Waals surface area contributed by atoms with Crippen LogP contribution in [0.25, 0.3) is 0 Å². The van der Waals surface area contributed by atoms with Crippen molar-refractivity contribution in [2.75, 3.05) is 18.0 Å². The van der Waals surface area contributed by atoms with Crippen molar-refractivity contribution in [3.63, 3.8) is 0 Å². The van der Waals surface area contributed by atoms with E-state index in [4.69, 9.17) is 0 Å². The molecule has 0 radical (unpaired) electrons. The van der Waals surface area contributed by atoms with Gasteiger partial charge in [-0.25, -0.2) is 4.39 Å². The minimum absolute atomic E-state index is 0.136. The van der Waals surface area contributed by atoms with Gasteiger partial charge in [0.25, 0.3) is 0 Å². The lowest BCUT2D eigenvalue weighted by Crippen LogP contribution is -2.25. The lowest BCUT2D eigenvalue weighted by molar-refractivity contribution is 0.555. The standard InChI is InChI=1S/C26H46FN/c1-3-5-7-9-11-13-15-17-23-28(26-21-19-25(27)20-22-26)24-18-16-14-12-10-8-6-4-2/h19-22H,3-18,23-24H2,1-2H3. The number of benzene rings is 1. The van der Waals surface area contributed by atoms with Gasteiger partial charge in [-0.1, -0.05) is 104 Å². The molecule has 1 rings (SSSR count). The third-order valence-corrected chi connectivity index (χ3v) is 5.75. The van der Waals surface area contributed by atoms with Crippen LogP contribution in [0.3, 0.4) is 0 Å². The average Bonchev–Trinajstić information content (AvgIpc) is 2.71. The van der Waals surface area contributed by atoms with Crippen LogP contribution >= 0.6 is 0 Å². The Morgan fingerprint density at radius 1 is 0.536 bits per heavy atom. The summed E-state index contributed by atoms with van der Waals surface area (Å²) in [7, 11) is 0. The Morgan fingerprint density at radius 3 is 1.29 bits per heavy atom. The van der Waals surface area contributed by atoms with E-state index in [1.165, 1.54) is 108 Å². The predicted molar refractivity (Wildman–Crippen MR) is 124 cm³/mol. The van der Waals surface area contributed by atoms with E-state index >= 15 is 0 Å². The summed E-state index contributed by atoms with van der Waals surface area (Å²) >= 11 is 0. The Balaban J connectivity index is 2.24. The summed E-state index contributed by atoms with van der Waals surface area (Å²) < 4.78 is 13.3. The molecule has 1 aromatic rings. The number of anilines is 1. The van der Waals surface area contributed by atoms with Crippen molar-refractivity contribution < 1.29 is 4.39 Å². The highest BCUT2D eigenvalue weighted by Crippen LogP contribution is 2.18. The Hall–Kier alpha value is -1.05. The quantitative estimate of drug-likeness (QED) is 0.213. The number of hydrogen-bond acceptors (Lipinski definition) is 1. The van der Waals surface area contributed by atoms with Crippen LogP contribution < -0.4 is 4.90 Å². The van der Waals surface area contributed by atoms with E-state index in [0.717, 1.165) is 13.1 Å². The normalized spacial score (nSPS) is 11.1. The van der Waals surface area contributed by atoms with Gasteiger partial charge >= 0.3 is 0 Å². The summed E-state index contributed by atoms with van der Waals surface area (Å²) in [5.74, 6) is -0.136. The van der Waals surface area contributed by atoms with Gasteiger partial charge in [0.1, 0.15) is 5.82 Å². The molecule has 162 valence electrons. The number of halogens is 1. The summed E-state index contributed by atoms with van der Waals surface area (Å²) in [6.45, 7) is 6.77. The number of nitrogens with zero attached hydrogens (tertiary/aromatic N) is 1. The molecular formula is C26H46FN. The first-order chi connectivity index (χ1) is 13.8. The van der Waals surface area contributed by atoms with Gasteiger partial charge in [0.15, 0.2) is 0 Å². The molecule has 1 nitrogen and oxygen atoms in total. The zero-order chi connectivity index (χ0) is 20.3. The van der Waals surface area contributed by atoms with E-state index < -0.39 is 0 Å². The smallest absolute Gasteiger partial charge is 0.123 e. The van der Waals surface area contributed by atoms with Crippen molar-refractivity contribution in [1.29, 1.82) is 0 Å². The second-order valence-corrected chi connectivity index (χ2v) is 8.41. The van der Waals surface area contributed by atoms with Gasteiger partial charge in [-0.05, 0) is 37.1 Å². The van der Waals surface area contributed by atoms with Crippen LogP contribution in [0.4, 0.5) is 10.1 Å². The van der Waals surface area contributed by atoms with Gasteiger partial charge in [-0.2, -0.15) is 0 Å². The van der Waals surface area contributed by atoms with Crippen LogP contribution in [0, 0.1) is 5.82 Å². The molecule has 2 heteroatoms. The Labute approximate surface area is 175 Å². The molecular weight excluding hydrogens is 345 g/mol. The fourth-order valence-corrected chi connectivity index (χ4v) is 3.90. The fraction of sp³-hybridized carbons (Fsp3) is 0.769. The molecule has 0 bridgehead atoms. The summed E-state index contributed by atoms with van der Waals surface area (Å²) in [6.07, 6.45) is 21.6. The third kappa shape index (κ3) is 13.2. The maximum Gasteiger partial charge on any atom is 0.123 e. The molecule has 0 aromatic heterocycles. The molecule has 0 atom stereocenters. The molecule has 0 aliphatic rings. The SMILES string of the molecule is CCCCCCCCCCN(CCCCCCCCCC)c1ccc(F)cc1. The number of unbranched alkanes of at least 4 members (excludes halogenated alkanes) is 14. The van der Waals surface area contributed by atoms with Crippen molar-refractivity contribution in [2.45, 2.75) is 117 Å². The lowest BCUT2D eigenvalue weighted by atomic mass is 10.1. The Kier molecular flexibility index (Phi) is 16.1. The van der Waals surface area contributed by atoms with Crippen LogP contribution in [0.1, 0.15) is 117 Å². The molecule has 0 N–H and O–H groups in total. The zero-order valence-corrected chi connectivity index (χ0v) is 18.9. The van der Waals surface area contributed by atoms with Gasteiger partial charge < -0.3 is 4.90 Å². The van der Waals surface area contributed by atoms with Crippen molar-refractivity contribution in [3.05, 3.63) is 30.1 Å². The monoisotopic (exact) mass is 391 g/mol.